The summed E-state index contributed by atoms with van der Waals surface area (Å²) in [4.78, 5) is 27.6. The van der Waals surface area contributed by atoms with Gasteiger partial charge in [-0.2, -0.15) is 5.26 Å². The Bertz CT molecular complexity index is 595. The molecule has 2 aliphatic heterocycles. The van der Waals surface area contributed by atoms with Crippen molar-refractivity contribution >= 4 is 11.9 Å². The summed E-state index contributed by atoms with van der Waals surface area (Å²) >= 11 is 0. The van der Waals surface area contributed by atoms with Crippen molar-refractivity contribution in [3.8, 4) is 6.07 Å². The molecule has 21 heavy (non-hydrogen) atoms. The zero-order valence-electron chi connectivity index (χ0n) is 11.5. The maximum Gasteiger partial charge on any atom is 0.317 e. The van der Waals surface area contributed by atoms with Crippen molar-refractivity contribution in [2.75, 3.05) is 26.2 Å². The minimum atomic E-state index is -0.775. The quantitative estimate of drug-likeness (QED) is 0.860. The van der Waals surface area contributed by atoms with E-state index in [0.717, 1.165) is 0 Å². The summed E-state index contributed by atoms with van der Waals surface area (Å²) < 4.78 is 0. The first-order valence-corrected chi connectivity index (χ1v) is 6.98. The molecule has 2 saturated heterocycles. The van der Waals surface area contributed by atoms with Gasteiger partial charge in [-0.3, -0.25) is 4.79 Å². The Hall–Kier alpha value is -2.55. The van der Waals surface area contributed by atoms with E-state index in [1.807, 2.05) is 18.2 Å². The SMILES string of the molecule is N#CC(C(=O)N1CCN2C(=O)NCC2C1)c1ccccc1. The Morgan fingerprint density at radius 1 is 1.33 bits per heavy atom. The van der Waals surface area contributed by atoms with Crippen molar-refractivity contribution in [1.29, 1.82) is 5.26 Å². The molecule has 0 spiro atoms. The Labute approximate surface area is 122 Å². The van der Waals surface area contributed by atoms with Crippen LogP contribution >= 0.6 is 0 Å². The highest BCUT2D eigenvalue weighted by atomic mass is 16.2. The molecule has 0 bridgehead atoms. The van der Waals surface area contributed by atoms with Gasteiger partial charge in [-0.1, -0.05) is 30.3 Å². The number of fused-ring (bicyclic) bond motifs is 1. The van der Waals surface area contributed by atoms with Crippen LogP contribution in [0.25, 0.3) is 0 Å². The second-order valence-electron chi connectivity index (χ2n) is 5.29. The summed E-state index contributed by atoms with van der Waals surface area (Å²) in [6.07, 6.45) is 0. The lowest BCUT2D eigenvalue weighted by Gasteiger charge is -2.37. The van der Waals surface area contributed by atoms with Gasteiger partial charge in [-0.25, -0.2) is 4.79 Å². The Morgan fingerprint density at radius 2 is 2.10 bits per heavy atom. The third-order valence-corrected chi connectivity index (χ3v) is 4.05. The molecule has 0 radical (unpaired) electrons. The first kappa shape index (κ1) is 13.4. The average Bonchev–Trinajstić information content (AvgIpc) is 2.90. The first-order chi connectivity index (χ1) is 10.2. The monoisotopic (exact) mass is 284 g/mol. The van der Waals surface area contributed by atoms with E-state index >= 15 is 0 Å². The van der Waals surface area contributed by atoms with Gasteiger partial charge in [0.1, 0.15) is 5.92 Å². The van der Waals surface area contributed by atoms with Gasteiger partial charge in [0.15, 0.2) is 0 Å². The highest BCUT2D eigenvalue weighted by Gasteiger charge is 2.38. The lowest BCUT2D eigenvalue weighted by molar-refractivity contribution is -0.133. The highest BCUT2D eigenvalue weighted by Crippen LogP contribution is 2.21. The van der Waals surface area contributed by atoms with Crippen LogP contribution in [0.15, 0.2) is 30.3 Å². The molecule has 6 nitrogen and oxygen atoms in total. The van der Waals surface area contributed by atoms with Gasteiger partial charge in [0.25, 0.3) is 0 Å². The Kier molecular flexibility index (Phi) is 3.48. The summed E-state index contributed by atoms with van der Waals surface area (Å²) in [6.45, 7) is 2.05. The molecule has 2 fully saturated rings. The number of hydrogen-bond donors (Lipinski definition) is 1. The van der Waals surface area contributed by atoms with Crippen LogP contribution in [-0.2, 0) is 4.79 Å². The summed E-state index contributed by atoms with van der Waals surface area (Å²) in [7, 11) is 0. The molecular formula is C15H16N4O2. The third kappa shape index (κ3) is 2.42. The molecule has 2 unspecified atom stereocenters. The number of urea groups is 1. The summed E-state index contributed by atoms with van der Waals surface area (Å²) in [5, 5.41) is 12.1. The smallest absolute Gasteiger partial charge is 0.317 e. The number of benzene rings is 1. The normalized spacial score (nSPS) is 22.2. The van der Waals surface area contributed by atoms with Gasteiger partial charge >= 0.3 is 6.03 Å². The van der Waals surface area contributed by atoms with Crippen molar-refractivity contribution in [2.24, 2.45) is 0 Å². The number of nitriles is 1. The molecule has 1 aromatic carbocycles. The van der Waals surface area contributed by atoms with E-state index < -0.39 is 5.92 Å². The summed E-state index contributed by atoms with van der Waals surface area (Å²) in [6, 6.07) is 11.1. The fraction of sp³-hybridized carbons (Fsp3) is 0.400. The molecule has 3 rings (SSSR count). The maximum absolute atomic E-state index is 12.6. The van der Waals surface area contributed by atoms with E-state index in [-0.39, 0.29) is 18.0 Å². The minimum absolute atomic E-state index is 0.0188. The predicted molar refractivity (Wildman–Crippen MR) is 75.3 cm³/mol. The number of carbonyl (C=O) groups excluding carboxylic acids is 2. The third-order valence-electron chi connectivity index (χ3n) is 4.05. The van der Waals surface area contributed by atoms with Crippen molar-refractivity contribution in [3.63, 3.8) is 0 Å². The first-order valence-electron chi connectivity index (χ1n) is 6.98. The minimum Gasteiger partial charge on any atom is -0.337 e. The Balaban J connectivity index is 1.73. The molecule has 6 heteroatoms. The highest BCUT2D eigenvalue weighted by molar-refractivity contribution is 5.87. The number of nitrogens with zero attached hydrogens (tertiary/aromatic N) is 3. The lowest BCUT2D eigenvalue weighted by Crippen LogP contribution is -2.54. The average molecular weight is 284 g/mol. The second-order valence-corrected chi connectivity index (χ2v) is 5.29. The molecule has 1 aromatic rings. The van der Waals surface area contributed by atoms with Gasteiger partial charge in [-0.15, -0.1) is 0 Å². The van der Waals surface area contributed by atoms with E-state index in [1.54, 1.807) is 21.9 Å². The standard InChI is InChI=1S/C15H16N4O2/c16-8-13(11-4-2-1-3-5-11)14(20)18-6-7-19-12(10-18)9-17-15(19)21/h1-5,12-13H,6-7,9-10H2,(H,17,21). The molecule has 0 saturated carbocycles. The van der Waals surface area contributed by atoms with Crippen LogP contribution < -0.4 is 5.32 Å². The van der Waals surface area contributed by atoms with E-state index in [1.165, 1.54) is 0 Å². The largest absolute Gasteiger partial charge is 0.337 e. The van der Waals surface area contributed by atoms with Crippen molar-refractivity contribution in [1.82, 2.24) is 15.1 Å². The maximum atomic E-state index is 12.6. The molecule has 2 atom stereocenters. The van der Waals surface area contributed by atoms with E-state index in [0.29, 0.717) is 31.7 Å². The second kappa shape index (κ2) is 5.44. The molecular weight excluding hydrogens is 268 g/mol. The van der Waals surface area contributed by atoms with Gasteiger partial charge in [0, 0.05) is 26.2 Å². The van der Waals surface area contributed by atoms with E-state index in [2.05, 4.69) is 11.4 Å². The van der Waals surface area contributed by atoms with Crippen LogP contribution in [0.5, 0.6) is 0 Å². The van der Waals surface area contributed by atoms with Gasteiger partial charge in [0.05, 0.1) is 12.1 Å². The number of hydrogen-bond acceptors (Lipinski definition) is 3. The predicted octanol–water partition coefficient (Wildman–Crippen LogP) is 0.530. The van der Waals surface area contributed by atoms with Crippen LogP contribution in [0.1, 0.15) is 11.5 Å². The van der Waals surface area contributed by atoms with Gasteiger partial charge in [-0.05, 0) is 5.56 Å². The van der Waals surface area contributed by atoms with Gasteiger partial charge in [0.2, 0.25) is 5.91 Å². The van der Waals surface area contributed by atoms with Crippen LogP contribution in [0.3, 0.4) is 0 Å². The van der Waals surface area contributed by atoms with E-state index in [9.17, 15) is 14.9 Å². The zero-order valence-corrected chi connectivity index (χ0v) is 11.5. The molecule has 2 heterocycles. The van der Waals surface area contributed by atoms with Gasteiger partial charge < -0.3 is 15.1 Å². The van der Waals surface area contributed by atoms with Crippen LogP contribution in [0.2, 0.25) is 0 Å². The molecule has 0 aliphatic carbocycles. The topological polar surface area (TPSA) is 76.4 Å². The fourth-order valence-corrected chi connectivity index (χ4v) is 2.90. The molecule has 108 valence electrons. The number of piperazine rings is 1. The number of nitrogens with one attached hydrogen (secondary N) is 1. The molecule has 1 N–H and O–H groups in total. The van der Waals surface area contributed by atoms with Crippen molar-refractivity contribution < 1.29 is 9.59 Å². The van der Waals surface area contributed by atoms with Crippen LogP contribution in [0, 0.1) is 11.3 Å². The summed E-state index contributed by atoms with van der Waals surface area (Å²) in [5.41, 5.74) is 0.716. The zero-order chi connectivity index (χ0) is 14.8. The van der Waals surface area contributed by atoms with Crippen molar-refractivity contribution in [2.45, 2.75) is 12.0 Å². The van der Waals surface area contributed by atoms with Crippen LogP contribution in [0.4, 0.5) is 4.79 Å². The molecule has 2 aliphatic rings. The number of rotatable bonds is 2. The molecule has 3 amide bonds. The fourth-order valence-electron chi connectivity index (χ4n) is 2.90. The van der Waals surface area contributed by atoms with E-state index in [4.69, 9.17) is 0 Å². The number of carbonyl (C=O) groups is 2. The lowest BCUT2D eigenvalue weighted by atomic mass is 9.98. The van der Waals surface area contributed by atoms with Crippen LogP contribution in [-0.4, -0.2) is 54.0 Å². The Morgan fingerprint density at radius 3 is 2.81 bits per heavy atom. The van der Waals surface area contributed by atoms with Crippen molar-refractivity contribution in [3.05, 3.63) is 35.9 Å². The number of amides is 3. The summed E-state index contributed by atoms with van der Waals surface area (Å²) in [5.74, 6) is -0.953. The molecule has 0 aromatic heterocycles.